The smallest absolute Gasteiger partial charge is 0.273 e. The molecule has 2 aromatic heterocycles. The Hall–Kier alpha value is -4.01. The highest BCUT2D eigenvalue weighted by Crippen LogP contribution is 2.33. The van der Waals surface area contributed by atoms with Gasteiger partial charge in [-0.3, -0.25) is 19.9 Å². The van der Waals surface area contributed by atoms with E-state index in [9.17, 15) is 14.9 Å². The van der Waals surface area contributed by atoms with Gasteiger partial charge in [-0.1, -0.05) is 0 Å². The number of hydrazone groups is 1. The van der Waals surface area contributed by atoms with Gasteiger partial charge in [-0.15, -0.1) is 0 Å². The van der Waals surface area contributed by atoms with Gasteiger partial charge in [0.1, 0.15) is 17.3 Å². The number of nitrogens with zero attached hydrogens (tertiary/aromatic N) is 3. The van der Waals surface area contributed by atoms with Crippen molar-refractivity contribution < 1.29 is 18.9 Å². The van der Waals surface area contributed by atoms with Crippen molar-refractivity contribution in [2.45, 2.75) is 6.92 Å². The number of rotatable bonds is 6. The average molecular weight is 380 g/mol. The van der Waals surface area contributed by atoms with Gasteiger partial charge in [-0.05, 0) is 37.3 Å². The van der Waals surface area contributed by atoms with Crippen molar-refractivity contribution in [3.8, 4) is 17.1 Å². The Balaban J connectivity index is 1.72. The molecule has 3 rings (SSSR count). The number of methoxy groups -OCH3 is 1. The minimum Gasteiger partial charge on any atom is -0.496 e. The van der Waals surface area contributed by atoms with Crippen molar-refractivity contribution in [2.24, 2.45) is 5.10 Å². The zero-order valence-corrected chi connectivity index (χ0v) is 15.1. The lowest BCUT2D eigenvalue weighted by atomic mass is 10.1. The van der Waals surface area contributed by atoms with E-state index >= 15 is 0 Å². The van der Waals surface area contributed by atoms with Gasteiger partial charge in [0.2, 0.25) is 0 Å². The largest absolute Gasteiger partial charge is 0.496 e. The molecule has 0 aliphatic rings. The second-order valence-corrected chi connectivity index (χ2v) is 5.73. The molecule has 1 N–H and O–H groups in total. The van der Waals surface area contributed by atoms with Crippen LogP contribution in [0.2, 0.25) is 0 Å². The van der Waals surface area contributed by atoms with Crippen LogP contribution in [0.4, 0.5) is 5.69 Å². The van der Waals surface area contributed by atoms with Crippen LogP contribution < -0.4 is 10.2 Å². The number of aryl methyl sites for hydroxylation is 1. The minimum atomic E-state index is -0.501. The summed E-state index contributed by atoms with van der Waals surface area (Å²) in [5, 5.41) is 14.7. The number of non-ortho nitro benzene ring substituents is 1. The Morgan fingerprint density at radius 3 is 2.79 bits per heavy atom. The summed E-state index contributed by atoms with van der Waals surface area (Å²) in [5.74, 6) is 0.750. The number of pyridine rings is 1. The molecule has 9 heteroatoms. The number of nitro benzene ring substituents is 1. The second-order valence-electron chi connectivity index (χ2n) is 5.73. The molecular formula is C19H16N4O5. The number of carbonyl (C=O) groups is 1. The predicted octanol–water partition coefficient (Wildman–Crippen LogP) is 3.33. The van der Waals surface area contributed by atoms with Gasteiger partial charge in [-0.2, -0.15) is 5.10 Å². The topological polar surface area (TPSA) is 120 Å². The van der Waals surface area contributed by atoms with E-state index in [1.54, 1.807) is 30.3 Å². The number of nitrogens with one attached hydrogen (secondary N) is 1. The van der Waals surface area contributed by atoms with E-state index in [0.29, 0.717) is 28.4 Å². The van der Waals surface area contributed by atoms with Crippen molar-refractivity contribution >= 4 is 17.8 Å². The number of ether oxygens (including phenoxy) is 1. The molecule has 0 saturated carbocycles. The van der Waals surface area contributed by atoms with E-state index in [2.05, 4.69) is 15.5 Å². The summed E-state index contributed by atoms with van der Waals surface area (Å²) in [6, 6.07) is 10.9. The number of carbonyl (C=O) groups excluding carboxylic acids is 1. The van der Waals surface area contributed by atoms with Crippen LogP contribution in [0.3, 0.4) is 0 Å². The highest BCUT2D eigenvalue weighted by molar-refractivity contribution is 5.94. The number of hydrogen-bond donors (Lipinski definition) is 1. The van der Waals surface area contributed by atoms with Crippen LogP contribution in [0.15, 0.2) is 58.2 Å². The van der Waals surface area contributed by atoms with Gasteiger partial charge in [-0.25, -0.2) is 5.43 Å². The first-order chi connectivity index (χ1) is 13.5. The summed E-state index contributed by atoms with van der Waals surface area (Å²) in [6.45, 7) is 1.83. The SMILES string of the molecule is COc1cc([N+](=O)[O-])ccc1-c1ccc(/C=N/NC(=O)c2ccc(C)nc2)o1. The van der Waals surface area contributed by atoms with E-state index in [0.717, 1.165) is 5.69 Å². The number of nitro groups is 1. The summed E-state index contributed by atoms with van der Waals surface area (Å²) in [6.07, 6.45) is 2.81. The van der Waals surface area contributed by atoms with E-state index in [1.807, 2.05) is 6.92 Å². The van der Waals surface area contributed by atoms with Crippen LogP contribution in [0.25, 0.3) is 11.3 Å². The maximum atomic E-state index is 12.0. The zero-order valence-electron chi connectivity index (χ0n) is 15.1. The maximum absolute atomic E-state index is 12.0. The Bertz CT molecular complexity index is 1040. The lowest BCUT2D eigenvalue weighted by molar-refractivity contribution is -0.384. The Labute approximate surface area is 159 Å². The lowest BCUT2D eigenvalue weighted by Gasteiger charge is -2.05. The highest BCUT2D eigenvalue weighted by atomic mass is 16.6. The molecule has 142 valence electrons. The molecular weight excluding hydrogens is 364 g/mol. The Morgan fingerprint density at radius 1 is 1.29 bits per heavy atom. The number of amides is 1. The summed E-state index contributed by atoms with van der Waals surface area (Å²) < 4.78 is 10.9. The molecule has 2 heterocycles. The molecule has 28 heavy (non-hydrogen) atoms. The van der Waals surface area contributed by atoms with Crippen LogP contribution in [0, 0.1) is 17.0 Å². The van der Waals surface area contributed by atoms with Crippen molar-refractivity contribution in [1.29, 1.82) is 0 Å². The van der Waals surface area contributed by atoms with Crippen LogP contribution >= 0.6 is 0 Å². The third-order valence-corrected chi connectivity index (χ3v) is 3.82. The molecule has 0 aliphatic carbocycles. The third-order valence-electron chi connectivity index (χ3n) is 3.82. The molecule has 0 unspecified atom stereocenters. The molecule has 1 amide bonds. The van der Waals surface area contributed by atoms with E-state index < -0.39 is 10.8 Å². The molecule has 0 saturated heterocycles. The minimum absolute atomic E-state index is 0.0812. The molecule has 9 nitrogen and oxygen atoms in total. The first-order valence-corrected chi connectivity index (χ1v) is 8.16. The maximum Gasteiger partial charge on any atom is 0.273 e. The van der Waals surface area contributed by atoms with Crippen molar-refractivity contribution in [3.63, 3.8) is 0 Å². The van der Waals surface area contributed by atoms with Crippen LogP contribution in [0.5, 0.6) is 5.75 Å². The monoisotopic (exact) mass is 380 g/mol. The van der Waals surface area contributed by atoms with Crippen molar-refractivity contribution in [2.75, 3.05) is 7.11 Å². The molecule has 0 aliphatic heterocycles. The summed E-state index contributed by atoms with van der Waals surface area (Å²) in [5.41, 5.74) is 4.06. The van der Waals surface area contributed by atoms with Gasteiger partial charge in [0.15, 0.2) is 0 Å². The van der Waals surface area contributed by atoms with Gasteiger partial charge < -0.3 is 9.15 Å². The average Bonchev–Trinajstić information content (AvgIpc) is 3.16. The summed E-state index contributed by atoms with van der Waals surface area (Å²) in [7, 11) is 1.42. The normalized spacial score (nSPS) is 10.8. The fourth-order valence-corrected chi connectivity index (χ4v) is 2.39. The Morgan fingerprint density at radius 2 is 2.11 bits per heavy atom. The van der Waals surface area contributed by atoms with Gasteiger partial charge in [0, 0.05) is 18.0 Å². The number of aromatic nitrogens is 1. The van der Waals surface area contributed by atoms with Gasteiger partial charge in [0.25, 0.3) is 11.6 Å². The number of benzene rings is 1. The molecule has 0 spiro atoms. The van der Waals surface area contributed by atoms with Crippen LogP contribution in [-0.2, 0) is 0 Å². The first kappa shape index (κ1) is 18.8. The quantitative estimate of drug-likeness (QED) is 0.398. The number of hydrogen-bond acceptors (Lipinski definition) is 7. The van der Waals surface area contributed by atoms with Gasteiger partial charge >= 0.3 is 0 Å². The molecule has 0 fully saturated rings. The van der Waals surface area contributed by atoms with Crippen LogP contribution in [-0.4, -0.2) is 29.1 Å². The zero-order chi connectivity index (χ0) is 20.1. The Kier molecular flexibility index (Phi) is 5.45. The lowest BCUT2D eigenvalue weighted by Crippen LogP contribution is -2.17. The number of furan rings is 1. The predicted molar refractivity (Wildman–Crippen MR) is 101 cm³/mol. The van der Waals surface area contributed by atoms with Crippen molar-refractivity contribution in [1.82, 2.24) is 10.4 Å². The van der Waals surface area contributed by atoms with E-state index in [4.69, 9.17) is 9.15 Å². The fourth-order valence-electron chi connectivity index (χ4n) is 2.39. The molecule has 0 bridgehead atoms. The third kappa shape index (κ3) is 4.21. The highest BCUT2D eigenvalue weighted by Gasteiger charge is 2.15. The van der Waals surface area contributed by atoms with E-state index in [-0.39, 0.29) is 5.69 Å². The molecule has 0 radical (unpaired) electrons. The van der Waals surface area contributed by atoms with Gasteiger partial charge in [0.05, 0.1) is 35.4 Å². The summed E-state index contributed by atoms with van der Waals surface area (Å²) >= 11 is 0. The van der Waals surface area contributed by atoms with E-state index in [1.165, 1.54) is 31.7 Å². The van der Waals surface area contributed by atoms with Crippen LogP contribution in [0.1, 0.15) is 21.8 Å². The standard InChI is InChI=1S/C19H16N4O5/c1-12-3-4-13(10-20-12)19(24)22-21-11-15-6-8-17(28-15)16-7-5-14(23(25)26)9-18(16)27-2/h3-11H,1-2H3,(H,22,24)/b21-11+. The first-order valence-electron chi connectivity index (χ1n) is 8.16. The molecule has 0 atom stereocenters. The molecule has 3 aromatic rings. The second kappa shape index (κ2) is 8.12. The fraction of sp³-hybridized carbons (Fsp3) is 0.105. The summed E-state index contributed by atoms with van der Waals surface area (Å²) in [4.78, 5) is 26.4. The van der Waals surface area contributed by atoms with Crippen molar-refractivity contribution in [3.05, 3.63) is 75.8 Å². The molecule has 1 aromatic carbocycles.